The largest absolute Gasteiger partial charge is 0.310 e. The molecule has 2 aromatic rings. The first-order chi connectivity index (χ1) is 9.79. The summed E-state index contributed by atoms with van der Waals surface area (Å²) in [5.41, 5.74) is 2.53. The molecule has 0 saturated heterocycles. The molecule has 0 amide bonds. The Kier molecular flexibility index (Phi) is 6.22. The van der Waals surface area contributed by atoms with E-state index in [4.69, 9.17) is 0 Å². The first-order valence-corrected chi connectivity index (χ1v) is 8.37. The summed E-state index contributed by atoms with van der Waals surface area (Å²) >= 11 is 1.76. The van der Waals surface area contributed by atoms with Crippen molar-refractivity contribution < 1.29 is 0 Å². The van der Waals surface area contributed by atoms with Gasteiger partial charge in [-0.05, 0) is 18.9 Å². The molecular weight excluding hydrogens is 264 g/mol. The molecule has 0 radical (unpaired) electrons. The van der Waals surface area contributed by atoms with Gasteiger partial charge in [-0.1, -0.05) is 50.1 Å². The first kappa shape index (κ1) is 15.2. The topological polar surface area (TPSA) is 24.9 Å². The SMILES string of the molecule is CCCCC(NCCc1nc(C)cs1)c1ccccc1. The van der Waals surface area contributed by atoms with Crippen molar-refractivity contribution in [2.24, 2.45) is 0 Å². The minimum absolute atomic E-state index is 0.470. The number of hydrogen-bond acceptors (Lipinski definition) is 3. The molecule has 0 spiro atoms. The van der Waals surface area contributed by atoms with Crippen LogP contribution in [0, 0.1) is 6.92 Å². The molecule has 0 fully saturated rings. The van der Waals surface area contributed by atoms with Gasteiger partial charge in [-0.25, -0.2) is 4.98 Å². The van der Waals surface area contributed by atoms with Crippen molar-refractivity contribution in [1.82, 2.24) is 10.3 Å². The fraction of sp³-hybridized carbons (Fsp3) is 0.471. The summed E-state index contributed by atoms with van der Waals surface area (Å²) in [6.07, 6.45) is 4.74. The third kappa shape index (κ3) is 4.73. The van der Waals surface area contributed by atoms with Crippen LogP contribution in [-0.4, -0.2) is 11.5 Å². The van der Waals surface area contributed by atoms with Crippen LogP contribution >= 0.6 is 11.3 Å². The zero-order chi connectivity index (χ0) is 14.2. The van der Waals surface area contributed by atoms with Gasteiger partial charge >= 0.3 is 0 Å². The van der Waals surface area contributed by atoms with Crippen LogP contribution in [-0.2, 0) is 6.42 Å². The summed E-state index contributed by atoms with van der Waals surface area (Å²) in [6, 6.07) is 11.2. The quantitative estimate of drug-likeness (QED) is 0.772. The van der Waals surface area contributed by atoms with Gasteiger partial charge in [0.15, 0.2) is 0 Å². The van der Waals surface area contributed by atoms with E-state index in [1.165, 1.54) is 29.8 Å². The zero-order valence-corrected chi connectivity index (χ0v) is 13.2. The number of hydrogen-bond donors (Lipinski definition) is 1. The van der Waals surface area contributed by atoms with Gasteiger partial charge in [-0.3, -0.25) is 0 Å². The Hall–Kier alpha value is -1.19. The Morgan fingerprint density at radius 3 is 2.70 bits per heavy atom. The molecular formula is C17H24N2S. The van der Waals surface area contributed by atoms with E-state index in [2.05, 4.69) is 59.9 Å². The lowest BCUT2D eigenvalue weighted by molar-refractivity contribution is 0.484. The second-order valence-electron chi connectivity index (χ2n) is 5.19. The van der Waals surface area contributed by atoms with E-state index in [0.29, 0.717) is 6.04 Å². The van der Waals surface area contributed by atoms with Crippen LogP contribution < -0.4 is 5.32 Å². The predicted octanol–water partition coefficient (Wildman–Crippen LogP) is 4.52. The van der Waals surface area contributed by atoms with Crippen LogP contribution in [0.3, 0.4) is 0 Å². The molecule has 1 unspecified atom stereocenters. The maximum atomic E-state index is 4.52. The van der Waals surface area contributed by atoms with Crippen molar-refractivity contribution in [3.8, 4) is 0 Å². The average molecular weight is 288 g/mol. The zero-order valence-electron chi connectivity index (χ0n) is 12.4. The van der Waals surface area contributed by atoms with Gasteiger partial charge in [-0.2, -0.15) is 0 Å². The highest BCUT2D eigenvalue weighted by molar-refractivity contribution is 7.09. The fourth-order valence-electron chi connectivity index (χ4n) is 2.35. The second kappa shape index (κ2) is 8.18. The molecule has 2 rings (SSSR count). The Morgan fingerprint density at radius 1 is 1.25 bits per heavy atom. The molecule has 1 heterocycles. The van der Waals surface area contributed by atoms with E-state index in [1.54, 1.807) is 11.3 Å². The lowest BCUT2D eigenvalue weighted by Gasteiger charge is -2.18. The summed E-state index contributed by atoms with van der Waals surface area (Å²) in [5.74, 6) is 0. The number of rotatable bonds is 8. The molecule has 3 heteroatoms. The molecule has 20 heavy (non-hydrogen) atoms. The molecule has 1 aromatic carbocycles. The lowest BCUT2D eigenvalue weighted by Crippen LogP contribution is -2.23. The van der Waals surface area contributed by atoms with Crippen LogP contribution in [0.15, 0.2) is 35.7 Å². The number of benzene rings is 1. The van der Waals surface area contributed by atoms with Crippen molar-refractivity contribution >= 4 is 11.3 Å². The first-order valence-electron chi connectivity index (χ1n) is 7.49. The third-order valence-electron chi connectivity index (χ3n) is 3.44. The number of nitrogens with zero attached hydrogens (tertiary/aromatic N) is 1. The maximum absolute atomic E-state index is 4.52. The van der Waals surface area contributed by atoms with Crippen molar-refractivity contribution in [2.45, 2.75) is 45.6 Å². The fourth-order valence-corrected chi connectivity index (χ4v) is 3.13. The predicted molar refractivity (Wildman–Crippen MR) is 87.3 cm³/mol. The van der Waals surface area contributed by atoms with Crippen molar-refractivity contribution in [1.29, 1.82) is 0 Å². The number of nitrogens with one attached hydrogen (secondary N) is 1. The molecule has 0 aliphatic heterocycles. The lowest BCUT2D eigenvalue weighted by atomic mass is 10.0. The van der Waals surface area contributed by atoms with Crippen LogP contribution in [0.2, 0.25) is 0 Å². The summed E-state index contributed by atoms with van der Waals surface area (Å²) in [7, 11) is 0. The van der Waals surface area contributed by atoms with Gasteiger partial charge in [0.2, 0.25) is 0 Å². The number of aryl methyl sites for hydroxylation is 1. The summed E-state index contributed by atoms with van der Waals surface area (Å²) in [5, 5.41) is 7.05. The highest BCUT2D eigenvalue weighted by atomic mass is 32.1. The highest BCUT2D eigenvalue weighted by Crippen LogP contribution is 2.19. The second-order valence-corrected chi connectivity index (χ2v) is 6.13. The van der Waals surface area contributed by atoms with Gasteiger partial charge in [-0.15, -0.1) is 11.3 Å². The van der Waals surface area contributed by atoms with Crippen LogP contribution in [0.25, 0.3) is 0 Å². The average Bonchev–Trinajstić information content (AvgIpc) is 2.89. The summed E-state index contributed by atoms with van der Waals surface area (Å²) in [4.78, 5) is 4.52. The number of unbranched alkanes of at least 4 members (excludes halogenated alkanes) is 1. The molecule has 1 N–H and O–H groups in total. The smallest absolute Gasteiger partial charge is 0.0940 e. The molecule has 0 saturated carbocycles. The van der Waals surface area contributed by atoms with Gasteiger partial charge in [0.1, 0.15) is 0 Å². The van der Waals surface area contributed by atoms with E-state index in [9.17, 15) is 0 Å². The summed E-state index contributed by atoms with van der Waals surface area (Å²) < 4.78 is 0. The summed E-state index contributed by atoms with van der Waals surface area (Å²) in [6.45, 7) is 5.30. The maximum Gasteiger partial charge on any atom is 0.0940 e. The van der Waals surface area contributed by atoms with Crippen LogP contribution in [0.4, 0.5) is 0 Å². The van der Waals surface area contributed by atoms with E-state index in [0.717, 1.165) is 18.7 Å². The molecule has 0 aliphatic rings. The molecule has 0 aliphatic carbocycles. The Bertz CT molecular complexity index is 493. The molecule has 2 nitrogen and oxygen atoms in total. The van der Waals surface area contributed by atoms with Crippen LogP contribution in [0.5, 0.6) is 0 Å². The third-order valence-corrected chi connectivity index (χ3v) is 4.47. The normalized spacial score (nSPS) is 12.5. The molecule has 1 atom stereocenters. The van der Waals surface area contributed by atoms with Crippen molar-refractivity contribution in [2.75, 3.05) is 6.54 Å². The van der Waals surface area contributed by atoms with E-state index in [1.807, 2.05) is 0 Å². The van der Waals surface area contributed by atoms with Crippen LogP contribution in [0.1, 0.15) is 48.5 Å². The van der Waals surface area contributed by atoms with E-state index in [-0.39, 0.29) is 0 Å². The molecule has 0 bridgehead atoms. The van der Waals surface area contributed by atoms with Crippen molar-refractivity contribution in [3.05, 3.63) is 52.0 Å². The van der Waals surface area contributed by atoms with Gasteiger partial charge in [0.25, 0.3) is 0 Å². The van der Waals surface area contributed by atoms with E-state index < -0.39 is 0 Å². The number of aromatic nitrogens is 1. The Morgan fingerprint density at radius 2 is 2.05 bits per heavy atom. The molecule has 1 aromatic heterocycles. The minimum atomic E-state index is 0.470. The monoisotopic (exact) mass is 288 g/mol. The van der Waals surface area contributed by atoms with E-state index >= 15 is 0 Å². The Balaban J connectivity index is 1.87. The molecule has 108 valence electrons. The standard InChI is InChI=1S/C17H24N2S/c1-3-4-10-16(15-8-6-5-7-9-15)18-12-11-17-19-14(2)13-20-17/h5-9,13,16,18H,3-4,10-12H2,1-2H3. The number of thiazole rings is 1. The van der Waals surface area contributed by atoms with Gasteiger partial charge < -0.3 is 5.32 Å². The van der Waals surface area contributed by atoms with Gasteiger partial charge in [0, 0.05) is 30.1 Å². The highest BCUT2D eigenvalue weighted by Gasteiger charge is 2.10. The minimum Gasteiger partial charge on any atom is -0.310 e. The Labute approximate surface area is 126 Å². The van der Waals surface area contributed by atoms with Crippen molar-refractivity contribution in [3.63, 3.8) is 0 Å². The van der Waals surface area contributed by atoms with Gasteiger partial charge in [0.05, 0.1) is 5.01 Å².